The summed E-state index contributed by atoms with van der Waals surface area (Å²) < 4.78 is 20.8. The van der Waals surface area contributed by atoms with Gasteiger partial charge in [-0.1, -0.05) is 72.8 Å². The van der Waals surface area contributed by atoms with Crippen molar-refractivity contribution in [3.63, 3.8) is 0 Å². The lowest BCUT2D eigenvalue weighted by molar-refractivity contribution is -0.148. The number of benzene rings is 3. The molecule has 43 heavy (non-hydrogen) atoms. The smallest absolute Gasteiger partial charge is 0.326 e. The maximum Gasteiger partial charge on any atom is 0.326 e. The van der Waals surface area contributed by atoms with Crippen molar-refractivity contribution in [1.82, 2.24) is 14.9 Å². The molecule has 0 spiro atoms. The molecule has 2 N–H and O–H groups in total. The van der Waals surface area contributed by atoms with Crippen LogP contribution in [0.15, 0.2) is 84.9 Å². The van der Waals surface area contributed by atoms with Gasteiger partial charge in [0.15, 0.2) is 0 Å². The van der Waals surface area contributed by atoms with Crippen LogP contribution in [-0.4, -0.2) is 69.4 Å². The van der Waals surface area contributed by atoms with Crippen molar-refractivity contribution in [1.29, 1.82) is 0 Å². The topological polar surface area (TPSA) is 133 Å². The molecule has 2 unspecified atom stereocenters. The number of likely N-dealkylation sites (tertiary alicyclic amines) is 1. The second-order valence-electron chi connectivity index (χ2n) is 10.9. The molecule has 11 heteroatoms. The van der Waals surface area contributed by atoms with Gasteiger partial charge in [-0.3, -0.25) is 23.8 Å². The number of hydrogen-bond acceptors (Lipinski definition) is 6. The number of carboxylic acids is 1. The van der Waals surface area contributed by atoms with Gasteiger partial charge in [-0.25, -0.2) is 9.88 Å². The molecule has 3 amide bonds. The summed E-state index contributed by atoms with van der Waals surface area (Å²) in [5.41, 5.74) is 2.12. The Morgan fingerprint density at radius 1 is 0.930 bits per heavy atom. The second-order valence-corrected chi connectivity index (χ2v) is 13.1. The van der Waals surface area contributed by atoms with Crippen LogP contribution < -0.4 is 5.09 Å². The number of nitrogens with one attached hydrogen (secondary N) is 1. The van der Waals surface area contributed by atoms with E-state index in [9.17, 15) is 28.8 Å². The van der Waals surface area contributed by atoms with Crippen molar-refractivity contribution in [2.24, 2.45) is 0 Å². The van der Waals surface area contributed by atoms with E-state index in [0.717, 1.165) is 16.0 Å². The number of nitrogens with zero attached hydrogens (tertiary/aromatic N) is 2. The van der Waals surface area contributed by atoms with Gasteiger partial charge in [0.25, 0.3) is 19.3 Å². The molecule has 1 saturated heterocycles. The standard InChI is InChI=1S/C32H34N3O7P/c1-22(29(36)34-18-10-17-28(34)32(39)40)33-43(41,42-20-24-13-6-3-7-14-24)21-25(19-23-11-4-2-5-12-23)35-30(37)26-15-8-9-16-27(26)31(35)38/h2-9,11-16,22,25,28H,10,17-21H2,1H3,(H,33,41)(H,39,40)/t22-,25?,28-,43?/m0/s1. The first-order valence-corrected chi connectivity index (χ1v) is 16.1. The highest BCUT2D eigenvalue weighted by molar-refractivity contribution is 7.57. The van der Waals surface area contributed by atoms with Crippen molar-refractivity contribution in [3.05, 3.63) is 107 Å². The molecule has 5 rings (SSSR count). The quantitative estimate of drug-likeness (QED) is 0.231. The van der Waals surface area contributed by atoms with E-state index >= 15 is 0 Å². The third kappa shape index (κ3) is 6.77. The molecule has 2 aliphatic heterocycles. The van der Waals surface area contributed by atoms with Crippen LogP contribution in [0.25, 0.3) is 0 Å². The van der Waals surface area contributed by atoms with Crippen molar-refractivity contribution in [2.75, 3.05) is 12.7 Å². The Bertz CT molecular complexity index is 1510. The molecule has 0 aromatic heterocycles. The predicted octanol–water partition coefficient (Wildman–Crippen LogP) is 4.36. The monoisotopic (exact) mass is 603 g/mol. The Kier molecular flexibility index (Phi) is 9.20. The molecule has 10 nitrogen and oxygen atoms in total. The molecule has 2 heterocycles. The van der Waals surface area contributed by atoms with Gasteiger partial charge in [-0.05, 0) is 49.4 Å². The summed E-state index contributed by atoms with van der Waals surface area (Å²) in [5.74, 6) is -2.56. The molecule has 0 bridgehead atoms. The number of hydrogen-bond donors (Lipinski definition) is 2. The van der Waals surface area contributed by atoms with Crippen molar-refractivity contribution in [2.45, 2.75) is 50.9 Å². The molecule has 3 aromatic rings. The maximum atomic E-state index is 14.7. The van der Waals surface area contributed by atoms with E-state index in [-0.39, 0.29) is 36.9 Å². The van der Waals surface area contributed by atoms with E-state index in [1.54, 1.807) is 24.3 Å². The molecule has 2 aliphatic rings. The summed E-state index contributed by atoms with van der Waals surface area (Å²) in [6.45, 7) is 1.75. The van der Waals surface area contributed by atoms with Gasteiger partial charge >= 0.3 is 5.97 Å². The molecule has 0 radical (unpaired) electrons. The third-order valence-electron chi connectivity index (χ3n) is 7.82. The predicted molar refractivity (Wildman–Crippen MR) is 160 cm³/mol. The van der Waals surface area contributed by atoms with Crippen LogP contribution in [0, 0.1) is 0 Å². The number of carbonyl (C=O) groups is 4. The van der Waals surface area contributed by atoms with Gasteiger partial charge in [0.1, 0.15) is 6.04 Å². The van der Waals surface area contributed by atoms with Crippen LogP contribution in [0.4, 0.5) is 0 Å². The minimum Gasteiger partial charge on any atom is -0.480 e. The molecular weight excluding hydrogens is 569 g/mol. The first-order chi connectivity index (χ1) is 20.7. The van der Waals surface area contributed by atoms with E-state index in [4.69, 9.17) is 4.52 Å². The Morgan fingerprint density at radius 2 is 1.49 bits per heavy atom. The number of fused-ring (bicyclic) bond motifs is 1. The summed E-state index contributed by atoms with van der Waals surface area (Å²) in [6, 6.07) is 22.0. The first-order valence-electron chi connectivity index (χ1n) is 14.3. The lowest BCUT2D eigenvalue weighted by Gasteiger charge is -2.32. The number of imide groups is 1. The molecule has 224 valence electrons. The molecule has 4 atom stereocenters. The van der Waals surface area contributed by atoms with Crippen LogP contribution in [0.2, 0.25) is 0 Å². The van der Waals surface area contributed by atoms with E-state index < -0.39 is 49.3 Å². The molecule has 1 fully saturated rings. The number of aliphatic carboxylic acids is 1. The number of carbonyl (C=O) groups excluding carboxylic acids is 3. The number of carboxylic acid groups (broad SMARTS) is 1. The molecule has 0 saturated carbocycles. The normalized spacial score (nSPS) is 19.1. The summed E-state index contributed by atoms with van der Waals surface area (Å²) in [5, 5.41) is 12.5. The lowest BCUT2D eigenvalue weighted by atomic mass is 10.1. The van der Waals surface area contributed by atoms with Crippen LogP contribution >= 0.6 is 7.52 Å². The average Bonchev–Trinajstić information content (AvgIpc) is 3.60. The zero-order chi connectivity index (χ0) is 30.6. The third-order valence-corrected chi connectivity index (χ3v) is 10.0. The largest absolute Gasteiger partial charge is 0.480 e. The van der Waals surface area contributed by atoms with Gasteiger partial charge in [-0.15, -0.1) is 0 Å². The van der Waals surface area contributed by atoms with E-state index in [0.29, 0.717) is 12.8 Å². The fraction of sp³-hybridized carbons (Fsp3) is 0.312. The molecule has 0 aliphatic carbocycles. The Morgan fingerprint density at radius 3 is 2.07 bits per heavy atom. The van der Waals surface area contributed by atoms with Crippen molar-refractivity contribution < 1.29 is 33.4 Å². The SMILES string of the molecule is C[C@H](NP(=O)(CC(Cc1ccccc1)N1C(=O)c2ccccc2C1=O)OCc1ccccc1)C(=O)N1CCC[C@H]1C(=O)O. The van der Waals surface area contributed by atoms with Gasteiger partial charge in [-0.2, -0.15) is 0 Å². The Balaban J connectivity index is 1.46. The van der Waals surface area contributed by atoms with Crippen LogP contribution in [0.5, 0.6) is 0 Å². The molecule has 3 aromatic carbocycles. The van der Waals surface area contributed by atoms with Gasteiger partial charge in [0.05, 0.1) is 36.0 Å². The maximum absolute atomic E-state index is 14.7. The highest BCUT2D eigenvalue weighted by atomic mass is 31.2. The van der Waals surface area contributed by atoms with E-state index in [1.165, 1.54) is 11.8 Å². The minimum absolute atomic E-state index is 0.0479. The minimum atomic E-state index is -3.96. The Hall–Kier alpha value is -4.11. The lowest BCUT2D eigenvalue weighted by Crippen LogP contribution is -2.49. The first kappa shape index (κ1) is 30.4. The number of amides is 3. The van der Waals surface area contributed by atoms with Gasteiger partial charge in [0, 0.05) is 6.54 Å². The van der Waals surface area contributed by atoms with Crippen LogP contribution in [-0.2, 0) is 31.7 Å². The van der Waals surface area contributed by atoms with E-state index in [2.05, 4.69) is 5.09 Å². The number of rotatable bonds is 12. The summed E-state index contributed by atoms with van der Waals surface area (Å²) in [4.78, 5) is 54.7. The van der Waals surface area contributed by atoms with Gasteiger partial charge < -0.3 is 14.5 Å². The highest BCUT2D eigenvalue weighted by Crippen LogP contribution is 2.47. The zero-order valence-electron chi connectivity index (χ0n) is 23.8. The molecular formula is C32H34N3O7P. The zero-order valence-corrected chi connectivity index (χ0v) is 24.7. The van der Waals surface area contributed by atoms with Crippen LogP contribution in [0.3, 0.4) is 0 Å². The summed E-state index contributed by atoms with van der Waals surface area (Å²) in [6.07, 6.45) is 0.841. The highest BCUT2D eigenvalue weighted by Gasteiger charge is 2.44. The summed E-state index contributed by atoms with van der Waals surface area (Å²) in [7, 11) is -3.96. The second kappa shape index (κ2) is 13.0. The fourth-order valence-electron chi connectivity index (χ4n) is 5.72. The van der Waals surface area contributed by atoms with Crippen molar-refractivity contribution >= 4 is 31.2 Å². The van der Waals surface area contributed by atoms with E-state index in [1.807, 2.05) is 60.7 Å². The van der Waals surface area contributed by atoms with Crippen molar-refractivity contribution in [3.8, 4) is 0 Å². The average molecular weight is 604 g/mol. The fourth-order valence-corrected chi connectivity index (χ4v) is 7.91. The summed E-state index contributed by atoms with van der Waals surface area (Å²) >= 11 is 0. The Labute approximate surface area is 250 Å². The van der Waals surface area contributed by atoms with Crippen LogP contribution in [0.1, 0.15) is 51.6 Å². The van der Waals surface area contributed by atoms with Gasteiger partial charge in [0.2, 0.25) is 5.91 Å².